The second-order valence-electron chi connectivity index (χ2n) is 7.63. The fraction of sp³-hybridized carbons (Fsp3) is 0.167. The van der Waals surface area contributed by atoms with Gasteiger partial charge in [-0.2, -0.15) is 0 Å². The van der Waals surface area contributed by atoms with E-state index in [2.05, 4.69) is 34.1 Å². The number of fused-ring (bicyclic) bond motifs is 1. The van der Waals surface area contributed by atoms with Gasteiger partial charge in [0.05, 0.1) is 20.7 Å². The fourth-order valence-corrected chi connectivity index (χ4v) is 4.82. The standard InChI is InChI=1S/C24H20N4O4S/c29-23(17-6-8-19(9-7-17)28(30)31)32-20-10-11-21-22(16-20)33-24(25-21)27-14-12-26(13-15-27)18-4-2-1-3-5-18/h1-11,16H,12-15H2. The third-order valence-electron chi connectivity index (χ3n) is 5.54. The Morgan fingerprint density at radius 3 is 2.33 bits per heavy atom. The number of esters is 1. The van der Waals surface area contributed by atoms with E-state index in [0.717, 1.165) is 41.5 Å². The molecule has 1 aliphatic heterocycles. The number of ether oxygens (including phenoxy) is 1. The molecule has 1 aromatic heterocycles. The summed E-state index contributed by atoms with van der Waals surface area (Å²) in [6.45, 7) is 3.63. The van der Waals surface area contributed by atoms with Crippen LogP contribution in [-0.4, -0.2) is 42.1 Å². The summed E-state index contributed by atoms with van der Waals surface area (Å²) in [4.78, 5) is 32.1. The second-order valence-corrected chi connectivity index (χ2v) is 8.64. The lowest BCUT2D eigenvalue weighted by Crippen LogP contribution is -2.46. The first kappa shape index (κ1) is 20.9. The normalized spacial score (nSPS) is 13.8. The highest BCUT2D eigenvalue weighted by Gasteiger charge is 2.20. The van der Waals surface area contributed by atoms with Gasteiger partial charge in [0, 0.05) is 50.1 Å². The summed E-state index contributed by atoms with van der Waals surface area (Å²) < 4.78 is 6.41. The van der Waals surface area contributed by atoms with Crippen LogP contribution in [0.3, 0.4) is 0 Å². The summed E-state index contributed by atoms with van der Waals surface area (Å²) >= 11 is 1.57. The Labute approximate surface area is 193 Å². The monoisotopic (exact) mass is 460 g/mol. The molecule has 2 heterocycles. The predicted molar refractivity (Wildman–Crippen MR) is 129 cm³/mol. The van der Waals surface area contributed by atoms with Crippen molar-refractivity contribution in [3.8, 4) is 5.75 Å². The van der Waals surface area contributed by atoms with Crippen molar-refractivity contribution in [3.63, 3.8) is 0 Å². The van der Waals surface area contributed by atoms with Crippen molar-refractivity contribution in [1.82, 2.24) is 4.98 Å². The van der Waals surface area contributed by atoms with Gasteiger partial charge in [0.15, 0.2) is 5.13 Å². The molecule has 0 saturated carbocycles. The van der Waals surface area contributed by atoms with E-state index in [1.54, 1.807) is 23.5 Å². The molecule has 33 heavy (non-hydrogen) atoms. The van der Waals surface area contributed by atoms with Gasteiger partial charge in [-0.25, -0.2) is 9.78 Å². The molecule has 9 heteroatoms. The molecule has 1 fully saturated rings. The molecule has 1 saturated heterocycles. The van der Waals surface area contributed by atoms with E-state index in [4.69, 9.17) is 9.72 Å². The van der Waals surface area contributed by atoms with Gasteiger partial charge in [-0.1, -0.05) is 29.5 Å². The molecule has 0 radical (unpaired) electrons. The van der Waals surface area contributed by atoms with Crippen molar-refractivity contribution in [2.24, 2.45) is 0 Å². The molecule has 0 spiro atoms. The van der Waals surface area contributed by atoms with Crippen LogP contribution in [0.15, 0.2) is 72.8 Å². The summed E-state index contributed by atoms with van der Waals surface area (Å²) in [5.74, 6) is -0.152. The largest absolute Gasteiger partial charge is 0.423 e. The van der Waals surface area contributed by atoms with E-state index in [1.165, 1.54) is 30.0 Å². The zero-order valence-corrected chi connectivity index (χ0v) is 18.4. The van der Waals surface area contributed by atoms with E-state index < -0.39 is 10.9 Å². The molecule has 166 valence electrons. The number of nitro groups is 1. The highest BCUT2D eigenvalue weighted by Crippen LogP contribution is 2.32. The van der Waals surface area contributed by atoms with Crippen LogP contribution in [0.4, 0.5) is 16.5 Å². The molecule has 0 bridgehead atoms. The van der Waals surface area contributed by atoms with E-state index in [0.29, 0.717) is 5.75 Å². The van der Waals surface area contributed by atoms with Crippen LogP contribution in [0.1, 0.15) is 10.4 Å². The van der Waals surface area contributed by atoms with E-state index >= 15 is 0 Å². The number of benzene rings is 3. The number of hydrogen-bond donors (Lipinski definition) is 0. The van der Waals surface area contributed by atoms with Crippen LogP contribution in [0.2, 0.25) is 0 Å². The number of rotatable bonds is 5. The van der Waals surface area contributed by atoms with Gasteiger partial charge in [-0.3, -0.25) is 10.1 Å². The first-order chi connectivity index (χ1) is 16.1. The summed E-state index contributed by atoms with van der Waals surface area (Å²) in [5, 5.41) is 11.7. The lowest BCUT2D eigenvalue weighted by atomic mass is 10.2. The van der Waals surface area contributed by atoms with Gasteiger partial charge < -0.3 is 14.5 Å². The maximum Gasteiger partial charge on any atom is 0.343 e. The molecule has 8 nitrogen and oxygen atoms in total. The summed E-state index contributed by atoms with van der Waals surface area (Å²) in [5.41, 5.74) is 2.27. The Bertz CT molecular complexity index is 1300. The summed E-state index contributed by atoms with van der Waals surface area (Å²) in [7, 11) is 0. The van der Waals surface area contributed by atoms with Crippen molar-refractivity contribution < 1.29 is 14.5 Å². The minimum Gasteiger partial charge on any atom is -0.423 e. The van der Waals surface area contributed by atoms with E-state index in [-0.39, 0.29) is 11.3 Å². The van der Waals surface area contributed by atoms with Crippen LogP contribution in [0, 0.1) is 10.1 Å². The Hall–Kier alpha value is -3.98. The van der Waals surface area contributed by atoms with Crippen LogP contribution < -0.4 is 14.5 Å². The first-order valence-electron chi connectivity index (χ1n) is 10.5. The van der Waals surface area contributed by atoms with Gasteiger partial charge in [0.2, 0.25) is 0 Å². The van der Waals surface area contributed by atoms with Crippen molar-refractivity contribution in [1.29, 1.82) is 0 Å². The molecular weight excluding hydrogens is 440 g/mol. The number of carbonyl (C=O) groups is 1. The molecule has 0 unspecified atom stereocenters. The number of carbonyl (C=O) groups excluding carboxylic acids is 1. The number of para-hydroxylation sites is 1. The highest BCUT2D eigenvalue weighted by molar-refractivity contribution is 7.22. The average Bonchev–Trinajstić information content (AvgIpc) is 3.28. The summed E-state index contributed by atoms with van der Waals surface area (Å²) in [6, 6.07) is 21.1. The van der Waals surface area contributed by atoms with Crippen molar-refractivity contribution in [2.45, 2.75) is 0 Å². The molecule has 0 amide bonds. The Kier molecular flexibility index (Phi) is 5.62. The topological polar surface area (TPSA) is 88.8 Å². The molecule has 3 aromatic carbocycles. The Morgan fingerprint density at radius 1 is 0.939 bits per heavy atom. The molecule has 5 rings (SSSR count). The minimum atomic E-state index is -0.564. The summed E-state index contributed by atoms with van der Waals surface area (Å²) in [6.07, 6.45) is 0. The van der Waals surface area contributed by atoms with Gasteiger partial charge in [-0.05, 0) is 36.4 Å². The predicted octanol–water partition coefficient (Wildman–Crippen LogP) is 4.75. The van der Waals surface area contributed by atoms with Crippen molar-refractivity contribution in [3.05, 3.63) is 88.5 Å². The number of nitrogens with zero attached hydrogens (tertiary/aromatic N) is 4. The molecule has 0 aliphatic carbocycles. The molecule has 0 atom stereocenters. The van der Waals surface area contributed by atoms with Crippen LogP contribution >= 0.6 is 11.3 Å². The molecule has 0 N–H and O–H groups in total. The maximum absolute atomic E-state index is 12.4. The quantitative estimate of drug-likeness (QED) is 0.184. The number of aromatic nitrogens is 1. The third kappa shape index (κ3) is 4.49. The lowest BCUT2D eigenvalue weighted by molar-refractivity contribution is -0.384. The Morgan fingerprint density at radius 2 is 1.64 bits per heavy atom. The molecular formula is C24H20N4O4S. The van der Waals surface area contributed by atoms with Gasteiger partial charge in [0.1, 0.15) is 5.75 Å². The second kappa shape index (κ2) is 8.87. The number of thiazole rings is 1. The third-order valence-corrected chi connectivity index (χ3v) is 6.62. The fourth-order valence-electron chi connectivity index (χ4n) is 3.77. The molecule has 1 aliphatic rings. The van der Waals surface area contributed by atoms with E-state index in [1.807, 2.05) is 12.1 Å². The van der Waals surface area contributed by atoms with Gasteiger partial charge in [-0.15, -0.1) is 0 Å². The van der Waals surface area contributed by atoms with Crippen molar-refractivity contribution in [2.75, 3.05) is 36.0 Å². The minimum absolute atomic E-state index is 0.0743. The number of anilines is 2. The SMILES string of the molecule is O=C(Oc1ccc2nc(N3CCN(c4ccccc4)CC3)sc2c1)c1ccc([N+](=O)[O-])cc1. The van der Waals surface area contributed by atoms with Crippen LogP contribution in [-0.2, 0) is 0 Å². The zero-order valence-electron chi connectivity index (χ0n) is 17.6. The Balaban J connectivity index is 1.26. The van der Waals surface area contributed by atoms with Crippen LogP contribution in [0.25, 0.3) is 10.2 Å². The highest BCUT2D eigenvalue weighted by atomic mass is 32.1. The average molecular weight is 461 g/mol. The maximum atomic E-state index is 12.4. The van der Waals surface area contributed by atoms with E-state index in [9.17, 15) is 14.9 Å². The smallest absolute Gasteiger partial charge is 0.343 e. The molecule has 4 aromatic rings. The number of hydrogen-bond acceptors (Lipinski definition) is 8. The van der Waals surface area contributed by atoms with Gasteiger partial charge in [0.25, 0.3) is 5.69 Å². The van der Waals surface area contributed by atoms with Crippen molar-refractivity contribution >= 4 is 44.0 Å². The number of non-ortho nitro benzene ring substituents is 1. The van der Waals surface area contributed by atoms with Gasteiger partial charge >= 0.3 is 5.97 Å². The number of nitro benzene ring substituents is 1. The number of piperazine rings is 1. The first-order valence-corrected chi connectivity index (χ1v) is 11.3. The lowest BCUT2D eigenvalue weighted by Gasteiger charge is -2.35. The zero-order chi connectivity index (χ0) is 22.8. The van der Waals surface area contributed by atoms with Crippen LogP contribution in [0.5, 0.6) is 5.75 Å².